The molecule has 0 unspecified atom stereocenters. The predicted molar refractivity (Wildman–Crippen MR) is 65.8 cm³/mol. The second-order valence-corrected chi connectivity index (χ2v) is 6.38. The van der Waals surface area contributed by atoms with E-state index in [0.717, 1.165) is 25.0 Å². The normalized spacial score (nSPS) is 16.7. The van der Waals surface area contributed by atoms with Crippen molar-refractivity contribution in [1.82, 2.24) is 4.31 Å². The van der Waals surface area contributed by atoms with Gasteiger partial charge in [-0.15, -0.1) is 0 Å². The van der Waals surface area contributed by atoms with E-state index in [1.165, 1.54) is 11.2 Å². The quantitative estimate of drug-likeness (QED) is 0.627. The van der Waals surface area contributed by atoms with Crippen LogP contribution in [0.15, 0.2) is 17.0 Å². The molecule has 1 saturated heterocycles. The second kappa shape index (κ2) is 4.86. The summed E-state index contributed by atoms with van der Waals surface area (Å²) in [5, 5.41) is 10.7. The van der Waals surface area contributed by atoms with Crippen LogP contribution in [-0.4, -0.2) is 30.7 Å². The monoisotopic (exact) mass is 288 g/mol. The van der Waals surface area contributed by atoms with E-state index in [9.17, 15) is 22.9 Å². The van der Waals surface area contributed by atoms with Gasteiger partial charge in [0.15, 0.2) is 0 Å². The van der Waals surface area contributed by atoms with Gasteiger partial charge in [-0.3, -0.25) is 10.1 Å². The number of rotatable bonds is 3. The molecule has 0 spiro atoms. The first-order valence-corrected chi connectivity index (χ1v) is 7.22. The fourth-order valence-electron chi connectivity index (χ4n) is 2.08. The number of nitro benzene ring substituents is 1. The summed E-state index contributed by atoms with van der Waals surface area (Å²) in [6.45, 7) is 2.10. The lowest BCUT2D eigenvalue weighted by Gasteiger charge is -2.15. The van der Waals surface area contributed by atoms with Gasteiger partial charge in [0.05, 0.1) is 9.82 Å². The van der Waals surface area contributed by atoms with Crippen LogP contribution in [0.3, 0.4) is 0 Å². The van der Waals surface area contributed by atoms with Crippen LogP contribution >= 0.6 is 0 Å². The van der Waals surface area contributed by atoms with Gasteiger partial charge in [-0.1, -0.05) is 0 Å². The Balaban J connectivity index is 2.54. The zero-order valence-corrected chi connectivity index (χ0v) is 11.1. The lowest BCUT2D eigenvalue weighted by molar-refractivity contribution is -0.387. The van der Waals surface area contributed by atoms with Gasteiger partial charge in [-0.05, 0) is 31.4 Å². The molecule has 1 aromatic carbocycles. The molecule has 1 aromatic rings. The van der Waals surface area contributed by atoms with E-state index in [0.29, 0.717) is 13.1 Å². The summed E-state index contributed by atoms with van der Waals surface area (Å²) in [6, 6.07) is 1.92. The van der Waals surface area contributed by atoms with Crippen LogP contribution in [0.25, 0.3) is 0 Å². The summed E-state index contributed by atoms with van der Waals surface area (Å²) >= 11 is 0. The SMILES string of the molecule is Cc1cc(S(=O)(=O)N2CCCC2)cc([N+](=O)[O-])c1F. The van der Waals surface area contributed by atoms with Crippen molar-refractivity contribution in [2.24, 2.45) is 0 Å². The van der Waals surface area contributed by atoms with E-state index in [2.05, 4.69) is 0 Å². The van der Waals surface area contributed by atoms with Crippen molar-refractivity contribution in [3.8, 4) is 0 Å². The Morgan fingerprint density at radius 3 is 2.42 bits per heavy atom. The summed E-state index contributed by atoms with van der Waals surface area (Å²) < 4.78 is 39.3. The number of hydrogen-bond donors (Lipinski definition) is 0. The summed E-state index contributed by atoms with van der Waals surface area (Å²) in [7, 11) is -3.77. The molecule has 8 heteroatoms. The van der Waals surface area contributed by atoms with E-state index < -0.39 is 26.5 Å². The summed E-state index contributed by atoms with van der Waals surface area (Å²) in [4.78, 5) is 9.60. The molecule has 1 fully saturated rings. The van der Waals surface area contributed by atoms with Gasteiger partial charge in [0, 0.05) is 19.2 Å². The van der Waals surface area contributed by atoms with Crippen molar-refractivity contribution < 1.29 is 17.7 Å². The molecule has 6 nitrogen and oxygen atoms in total. The number of nitro groups is 1. The molecule has 0 bridgehead atoms. The first-order chi connectivity index (χ1) is 8.84. The average molecular weight is 288 g/mol. The van der Waals surface area contributed by atoms with Crippen LogP contribution in [0.1, 0.15) is 18.4 Å². The van der Waals surface area contributed by atoms with Crippen LogP contribution in [0, 0.1) is 22.9 Å². The minimum atomic E-state index is -3.77. The third-order valence-corrected chi connectivity index (χ3v) is 4.98. The zero-order valence-electron chi connectivity index (χ0n) is 10.3. The summed E-state index contributed by atoms with van der Waals surface area (Å²) in [5.74, 6) is -0.995. The van der Waals surface area contributed by atoms with Crippen LogP contribution < -0.4 is 0 Å². The smallest absolute Gasteiger partial charge is 0.258 e. The third-order valence-electron chi connectivity index (χ3n) is 3.11. The van der Waals surface area contributed by atoms with E-state index in [4.69, 9.17) is 0 Å². The number of nitrogens with zero attached hydrogens (tertiary/aromatic N) is 2. The van der Waals surface area contributed by atoms with E-state index in [-0.39, 0.29) is 10.5 Å². The maximum Gasteiger partial charge on any atom is 0.306 e. The van der Waals surface area contributed by atoms with Crippen LogP contribution in [0.5, 0.6) is 0 Å². The molecule has 0 aromatic heterocycles. The molecule has 0 N–H and O–H groups in total. The molecule has 1 aliphatic rings. The van der Waals surface area contributed by atoms with Gasteiger partial charge in [-0.25, -0.2) is 8.42 Å². The highest BCUT2D eigenvalue weighted by Crippen LogP contribution is 2.28. The number of aryl methyl sites for hydroxylation is 1. The standard InChI is InChI=1S/C11H13FN2O4S/c1-8-6-9(7-10(11(8)12)14(15)16)19(17,18)13-4-2-3-5-13/h6-7H,2-5H2,1H3. The molecule has 1 aliphatic heterocycles. The van der Waals surface area contributed by atoms with Gasteiger partial charge in [-0.2, -0.15) is 8.70 Å². The fourth-order valence-corrected chi connectivity index (χ4v) is 3.70. The first-order valence-electron chi connectivity index (χ1n) is 5.78. The number of sulfonamides is 1. The Hall–Kier alpha value is -1.54. The molecule has 2 rings (SSSR count). The summed E-state index contributed by atoms with van der Waals surface area (Å²) in [6.07, 6.45) is 1.53. The molecule has 0 radical (unpaired) electrons. The second-order valence-electron chi connectivity index (χ2n) is 4.44. The maximum absolute atomic E-state index is 13.5. The minimum absolute atomic E-state index is 0.0491. The third kappa shape index (κ3) is 2.45. The molecule has 19 heavy (non-hydrogen) atoms. The van der Waals surface area contributed by atoms with E-state index in [1.54, 1.807) is 0 Å². The Bertz CT molecular complexity index is 624. The number of benzene rings is 1. The molecule has 1 heterocycles. The van der Waals surface area contributed by atoms with Crippen molar-refractivity contribution in [3.05, 3.63) is 33.6 Å². The Labute approximate surface area is 110 Å². The van der Waals surface area contributed by atoms with Gasteiger partial charge >= 0.3 is 5.69 Å². The van der Waals surface area contributed by atoms with Crippen molar-refractivity contribution in [2.45, 2.75) is 24.7 Å². The lowest BCUT2D eigenvalue weighted by Crippen LogP contribution is -2.28. The zero-order chi connectivity index (χ0) is 14.2. The largest absolute Gasteiger partial charge is 0.306 e. The molecule has 0 aliphatic carbocycles. The van der Waals surface area contributed by atoms with Crippen LogP contribution in [-0.2, 0) is 10.0 Å². The predicted octanol–water partition coefficient (Wildman–Crippen LogP) is 1.83. The molecule has 0 saturated carbocycles. The highest BCUT2D eigenvalue weighted by molar-refractivity contribution is 7.89. The van der Waals surface area contributed by atoms with Gasteiger partial charge in [0.2, 0.25) is 15.8 Å². The van der Waals surface area contributed by atoms with E-state index >= 15 is 0 Å². The highest BCUT2D eigenvalue weighted by Gasteiger charge is 2.30. The van der Waals surface area contributed by atoms with Crippen molar-refractivity contribution >= 4 is 15.7 Å². The first kappa shape index (κ1) is 13.9. The average Bonchev–Trinajstić information content (AvgIpc) is 2.86. The number of halogens is 1. The van der Waals surface area contributed by atoms with Crippen molar-refractivity contribution in [3.63, 3.8) is 0 Å². The lowest BCUT2D eigenvalue weighted by atomic mass is 10.2. The maximum atomic E-state index is 13.5. The topological polar surface area (TPSA) is 80.5 Å². The molecular formula is C11H13FN2O4S. The Morgan fingerprint density at radius 2 is 1.89 bits per heavy atom. The molecule has 0 atom stereocenters. The van der Waals surface area contributed by atoms with Crippen molar-refractivity contribution in [1.29, 1.82) is 0 Å². The number of hydrogen-bond acceptors (Lipinski definition) is 4. The Kier molecular flexibility index (Phi) is 3.55. The van der Waals surface area contributed by atoms with E-state index in [1.807, 2.05) is 0 Å². The molecular weight excluding hydrogens is 275 g/mol. The van der Waals surface area contributed by atoms with Gasteiger partial charge < -0.3 is 0 Å². The molecule has 104 valence electrons. The Morgan fingerprint density at radius 1 is 1.32 bits per heavy atom. The highest BCUT2D eigenvalue weighted by atomic mass is 32.2. The van der Waals surface area contributed by atoms with Gasteiger partial charge in [0.1, 0.15) is 0 Å². The van der Waals surface area contributed by atoms with Crippen LogP contribution in [0.4, 0.5) is 10.1 Å². The van der Waals surface area contributed by atoms with Gasteiger partial charge in [0.25, 0.3) is 0 Å². The summed E-state index contributed by atoms with van der Waals surface area (Å²) in [5.41, 5.74) is -0.857. The van der Waals surface area contributed by atoms with Crippen LogP contribution in [0.2, 0.25) is 0 Å². The fraction of sp³-hybridized carbons (Fsp3) is 0.455. The minimum Gasteiger partial charge on any atom is -0.258 e. The molecule has 0 amide bonds. The van der Waals surface area contributed by atoms with Crippen molar-refractivity contribution in [2.75, 3.05) is 13.1 Å².